The zero-order valence-electron chi connectivity index (χ0n) is 19.8. The van der Waals surface area contributed by atoms with Gasteiger partial charge in [-0.15, -0.1) is 0 Å². The minimum absolute atomic E-state index is 0.191. The van der Waals surface area contributed by atoms with Gasteiger partial charge < -0.3 is 19.9 Å². The van der Waals surface area contributed by atoms with Gasteiger partial charge in [-0.3, -0.25) is 4.79 Å². The van der Waals surface area contributed by atoms with Crippen molar-refractivity contribution in [2.75, 3.05) is 19.8 Å². The Morgan fingerprint density at radius 2 is 1.78 bits per heavy atom. The first-order chi connectivity index (χ1) is 17.7. The van der Waals surface area contributed by atoms with Gasteiger partial charge in [0.05, 0.1) is 37.1 Å². The monoisotopic (exact) mass is 484 g/mol. The van der Waals surface area contributed by atoms with Crippen LogP contribution in [0.15, 0.2) is 79.1 Å². The summed E-state index contributed by atoms with van der Waals surface area (Å²) in [7, 11) is 0. The van der Waals surface area contributed by atoms with E-state index in [0.717, 1.165) is 41.2 Å². The fraction of sp³-hybridized carbons (Fsp3) is 0.250. The third-order valence-corrected chi connectivity index (χ3v) is 6.00. The molecule has 0 fully saturated rings. The molecule has 6 bridgehead atoms. The summed E-state index contributed by atoms with van der Waals surface area (Å²) in [6, 6.07) is 20.3. The van der Waals surface area contributed by atoms with E-state index in [-0.39, 0.29) is 12.5 Å². The lowest BCUT2D eigenvalue weighted by Crippen LogP contribution is -2.39. The van der Waals surface area contributed by atoms with E-state index >= 15 is 0 Å². The first-order valence-corrected chi connectivity index (χ1v) is 12.1. The number of carbonyl (C=O) groups is 1. The van der Waals surface area contributed by atoms with Crippen molar-refractivity contribution in [1.29, 1.82) is 0 Å². The lowest BCUT2D eigenvalue weighted by molar-refractivity contribution is 0.0916. The van der Waals surface area contributed by atoms with E-state index in [1.807, 2.05) is 54.6 Å². The smallest absolute Gasteiger partial charge is 0.255 e. The van der Waals surface area contributed by atoms with Crippen molar-refractivity contribution in [3.8, 4) is 28.6 Å². The van der Waals surface area contributed by atoms with Crippen LogP contribution in [0.2, 0.25) is 0 Å². The molecule has 2 aliphatic heterocycles. The van der Waals surface area contributed by atoms with Crippen molar-refractivity contribution >= 4 is 5.91 Å². The van der Waals surface area contributed by atoms with Crippen LogP contribution in [0, 0.1) is 0 Å². The van der Waals surface area contributed by atoms with Crippen LogP contribution in [-0.4, -0.2) is 51.6 Å². The zero-order valence-corrected chi connectivity index (χ0v) is 19.8. The van der Waals surface area contributed by atoms with Gasteiger partial charge in [-0.05, 0) is 67.3 Å². The molecule has 0 aliphatic carbocycles. The third-order valence-electron chi connectivity index (χ3n) is 6.00. The molecule has 0 radical (unpaired) electrons. The number of amides is 1. The number of aliphatic hydroxyl groups excluding tert-OH is 1. The maximum absolute atomic E-state index is 13.2. The Morgan fingerprint density at radius 3 is 2.58 bits per heavy atom. The van der Waals surface area contributed by atoms with Gasteiger partial charge >= 0.3 is 0 Å². The van der Waals surface area contributed by atoms with Crippen molar-refractivity contribution < 1.29 is 19.4 Å². The van der Waals surface area contributed by atoms with Gasteiger partial charge in [0.2, 0.25) is 0 Å². The molecule has 36 heavy (non-hydrogen) atoms. The number of aromatic nitrogens is 3. The summed E-state index contributed by atoms with van der Waals surface area (Å²) in [5.41, 5.74) is 3.00. The molecule has 4 aromatic rings. The molecule has 8 nitrogen and oxygen atoms in total. The van der Waals surface area contributed by atoms with E-state index in [4.69, 9.17) is 9.47 Å². The van der Waals surface area contributed by atoms with Gasteiger partial charge in [0.15, 0.2) is 5.82 Å². The fourth-order valence-corrected chi connectivity index (χ4v) is 4.11. The Labute approximate surface area is 209 Å². The maximum Gasteiger partial charge on any atom is 0.255 e. The molecule has 6 rings (SSSR count). The maximum atomic E-state index is 13.2. The number of rotatable bonds is 1. The number of benzene rings is 2. The summed E-state index contributed by atoms with van der Waals surface area (Å²) in [5.74, 6) is 1.64. The van der Waals surface area contributed by atoms with E-state index in [9.17, 15) is 9.90 Å². The molecule has 0 saturated heterocycles. The van der Waals surface area contributed by atoms with Crippen molar-refractivity contribution in [2.24, 2.45) is 0 Å². The highest BCUT2D eigenvalue weighted by Crippen LogP contribution is 2.24. The van der Waals surface area contributed by atoms with E-state index < -0.39 is 6.04 Å². The van der Waals surface area contributed by atoms with E-state index in [1.54, 1.807) is 29.2 Å². The number of hydrogen-bond donors (Lipinski definition) is 2. The predicted molar refractivity (Wildman–Crippen MR) is 136 cm³/mol. The van der Waals surface area contributed by atoms with E-state index in [0.29, 0.717) is 31.0 Å². The van der Waals surface area contributed by atoms with Gasteiger partial charge in [0.25, 0.3) is 5.91 Å². The summed E-state index contributed by atoms with van der Waals surface area (Å²) in [6.45, 7) is 1.00. The standard InChI is InChI=1S/C28H28N4O4/c33-19-22-17-20-8-10-23(11-9-20)35-15-1-2-16-36-24-6-3-5-21(18-24)26-12-14-32(31-26)27-25(28(34)30-22)7-4-13-29-27/h3-14,18,22,33H,1-2,15-17,19H2,(H,30,34)/t22-/m0/s1. The highest BCUT2D eigenvalue weighted by atomic mass is 16.5. The second-order valence-electron chi connectivity index (χ2n) is 8.65. The number of nitrogens with zero attached hydrogens (tertiary/aromatic N) is 3. The normalized spacial score (nSPS) is 16.5. The first kappa shape index (κ1) is 23.6. The molecule has 2 aromatic heterocycles. The number of nitrogens with one attached hydrogen (secondary N) is 1. The Morgan fingerprint density at radius 1 is 0.972 bits per heavy atom. The largest absolute Gasteiger partial charge is 0.494 e. The molecule has 184 valence electrons. The topological polar surface area (TPSA) is 98.5 Å². The highest BCUT2D eigenvalue weighted by Gasteiger charge is 2.19. The number of ether oxygens (including phenoxy) is 2. The Kier molecular flexibility index (Phi) is 7.23. The van der Waals surface area contributed by atoms with Crippen LogP contribution < -0.4 is 14.8 Å². The van der Waals surface area contributed by atoms with Crippen LogP contribution in [0.4, 0.5) is 0 Å². The molecule has 4 heterocycles. The quantitative estimate of drug-likeness (QED) is 0.426. The van der Waals surface area contributed by atoms with Crippen LogP contribution in [0.25, 0.3) is 17.1 Å². The molecule has 2 aromatic carbocycles. The Bertz CT molecular complexity index is 1320. The van der Waals surface area contributed by atoms with Gasteiger partial charge in [0, 0.05) is 18.0 Å². The van der Waals surface area contributed by atoms with Crippen LogP contribution in [-0.2, 0) is 6.42 Å². The molecule has 1 amide bonds. The van der Waals surface area contributed by atoms with E-state index in [1.165, 1.54) is 0 Å². The Balaban J connectivity index is 1.46. The highest BCUT2D eigenvalue weighted by molar-refractivity contribution is 5.97. The first-order valence-electron chi connectivity index (χ1n) is 12.1. The van der Waals surface area contributed by atoms with Crippen molar-refractivity contribution in [2.45, 2.75) is 25.3 Å². The van der Waals surface area contributed by atoms with Crippen LogP contribution in [0.5, 0.6) is 11.5 Å². The molecular weight excluding hydrogens is 456 g/mol. The lowest BCUT2D eigenvalue weighted by atomic mass is 10.1. The van der Waals surface area contributed by atoms with Crippen LogP contribution in [0.1, 0.15) is 28.8 Å². The minimum atomic E-state index is -0.453. The van der Waals surface area contributed by atoms with Gasteiger partial charge in [-0.1, -0.05) is 24.3 Å². The van der Waals surface area contributed by atoms with Crippen molar-refractivity contribution in [1.82, 2.24) is 20.1 Å². The van der Waals surface area contributed by atoms with E-state index in [2.05, 4.69) is 15.4 Å². The average molecular weight is 485 g/mol. The second-order valence-corrected chi connectivity index (χ2v) is 8.65. The number of carbonyl (C=O) groups excluding carboxylic acids is 1. The van der Waals surface area contributed by atoms with Gasteiger partial charge in [0.1, 0.15) is 11.5 Å². The third kappa shape index (κ3) is 5.55. The SMILES string of the molecule is O=C1N[C@H](CO)Cc2ccc(cc2)OCCCCOc2cccc(c2)-c2ccn(n2)-c2ncccc21. The molecule has 1 atom stereocenters. The van der Waals surface area contributed by atoms with Crippen LogP contribution in [0.3, 0.4) is 0 Å². The summed E-state index contributed by atoms with van der Waals surface area (Å²) in [4.78, 5) is 17.6. The molecule has 8 heteroatoms. The number of pyridine rings is 1. The summed E-state index contributed by atoms with van der Waals surface area (Å²) in [6.07, 6.45) is 5.63. The van der Waals surface area contributed by atoms with Gasteiger partial charge in [-0.2, -0.15) is 5.10 Å². The molecular formula is C28H28N4O4. The van der Waals surface area contributed by atoms with Crippen LogP contribution >= 0.6 is 0 Å². The summed E-state index contributed by atoms with van der Waals surface area (Å²) in [5, 5.41) is 17.5. The average Bonchev–Trinajstić information content (AvgIpc) is 3.41. The summed E-state index contributed by atoms with van der Waals surface area (Å²) < 4.78 is 13.4. The molecule has 0 saturated carbocycles. The number of hydrogen-bond acceptors (Lipinski definition) is 6. The lowest BCUT2D eigenvalue weighted by Gasteiger charge is -2.18. The Hall–Kier alpha value is -4.17. The predicted octanol–water partition coefficient (Wildman–Crippen LogP) is 3.82. The molecule has 2 aliphatic rings. The number of aliphatic hydroxyl groups is 1. The summed E-state index contributed by atoms with van der Waals surface area (Å²) >= 11 is 0. The van der Waals surface area contributed by atoms with Crippen molar-refractivity contribution in [3.05, 3.63) is 90.3 Å². The second kappa shape index (κ2) is 11.0. The fourth-order valence-electron chi connectivity index (χ4n) is 4.11. The molecule has 0 spiro atoms. The van der Waals surface area contributed by atoms with Gasteiger partial charge in [-0.25, -0.2) is 9.67 Å². The molecule has 0 unspecified atom stereocenters. The number of fused-ring (bicyclic) bond motifs is 10. The molecule has 2 N–H and O–H groups in total. The minimum Gasteiger partial charge on any atom is -0.494 e. The van der Waals surface area contributed by atoms with Crippen molar-refractivity contribution in [3.63, 3.8) is 0 Å². The zero-order chi connectivity index (χ0) is 24.7.